The average Bonchev–Trinajstić information content (AvgIpc) is 2.70. The van der Waals surface area contributed by atoms with Gasteiger partial charge in [-0.25, -0.2) is 0 Å². The first kappa shape index (κ1) is 20.4. The zero-order valence-corrected chi connectivity index (χ0v) is 17.2. The number of guanidine groups is 1. The van der Waals surface area contributed by atoms with Crippen molar-refractivity contribution >= 4 is 5.96 Å². The van der Waals surface area contributed by atoms with Crippen LogP contribution in [-0.4, -0.2) is 43.7 Å². The van der Waals surface area contributed by atoms with Crippen LogP contribution in [0.1, 0.15) is 29.2 Å². The van der Waals surface area contributed by atoms with Gasteiger partial charge in [0.2, 0.25) is 0 Å². The third-order valence-electron chi connectivity index (χ3n) is 4.99. The van der Waals surface area contributed by atoms with Crippen molar-refractivity contribution in [3.63, 3.8) is 0 Å². The van der Waals surface area contributed by atoms with E-state index in [0.717, 1.165) is 45.3 Å². The molecule has 3 rings (SSSR count). The zero-order chi connectivity index (χ0) is 19.8. The van der Waals surface area contributed by atoms with E-state index in [1.165, 1.54) is 22.3 Å². The first-order chi connectivity index (χ1) is 13.6. The van der Waals surface area contributed by atoms with E-state index in [9.17, 15) is 0 Å². The lowest BCUT2D eigenvalue weighted by molar-refractivity contribution is -0.0212. The maximum atomic E-state index is 5.64. The van der Waals surface area contributed by atoms with Gasteiger partial charge >= 0.3 is 0 Å². The van der Waals surface area contributed by atoms with Gasteiger partial charge in [0.1, 0.15) is 0 Å². The highest BCUT2D eigenvalue weighted by atomic mass is 16.5. The van der Waals surface area contributed by atoms with Gasteiger partial charge < -0.3 is 15.4 Å². The van der Waals surface area contributed by atoms with Crippen LogP contribution in [0.2, 0.25) is 0 Å². The van der Waals surface area contributed by atoms with Crippen LogP contribution in [0.4, 0.5) is 0 Å². The summed E-state index contributed by atoms with van der Waals surface area (Å²) in [4.78, 5) is 6.79. The average molecular weight is 381 g/mol. The highest BCUT2D eigenvalue weighted by Crippen LogP contribution is 2.12. The fraction of sp³-hybridized carbons (Fsp3) is 0.435. The molecule has 0 radical (unpaired) electrons. The second-order valence-electron chi connectivity index (χ2n) is 7.50. The third kappa shape index (κ3) is 6.36. The van der Waals surface area contributed by atoms with Crippen LogP contribution in [0.3, 0.4) is 0 Å². The molecule has 0 bridgehead atoms. The van der Waals surface area contributed by atoms with E-state index in [-0.39, 0.29) is 0 Å². The number of morpholine rings is 1. The summed E-state index contributed by atoms with van der Waals surface area (Å²) in [6.07, 6.45) is 0.321. The number of rotatable bonds is 6. The predicted molar refractivity (Wildman–Crippen MR) is 115 cm³/mol. The fourth-order valence-corrected chi connectivity index (χ4v) is 3.43. The van der Waals surface area contributed by atoms with Crippen LogP contribution in [-0.2, 0) is 24.4 Å². The molecule has 0 aromatic heterocycles. The quantitative estimate of drug-likeness (QED) is 0.597. The summed E-state index contributed by atoms with van der Waals surface area (Å²) in [5.74, 6) is 0.813. The van der Waals surface area contributed by atoms with Gasteiger partial charge in [-0.3, -0.25) is 9.89 Å². The van der Waals surface area contributed by atoms with Crippen LogP contribution < -0.4 is 10.6 Å². The maximum absolute atomic E-state index is 5.64. The Balaban J connectivity index is 1.49. The van der Waals surface area contributed by atoms with E-state index >= 15 is 0 Å². The van der Waals surface area contributed by atoms with Crippen LogP contribution >= 0.6 is 0 Å². The smallest absolute Gasteiger partial charge is 0.191 e. The van der Waals surface area contributed by atoms with Crippen molar-refractivity contribution in [2.45, 2.75) is 39.6 Å². The van der Waals surface area contributed by atoms with Crippen LogP contribution in [0.15, 0.2) is 53.5 Å². The van der Waals surface area contributed by atoms with Gasteiger partial charge in [-0.2, -0.15) is 0 Å². The molecule has 28 heavy (non-hydrogen) atoms. The van der Waals surface area contributed by atoms with Crippen molar-refractivity contribution in [3.8, 4) is 0 Å². The molecule has 1 aliphatic rings. The number of hydrogen-bond acceptors (Lipinski definition) is 3. The highest BCUT2D eigenvalue weighted by Gasteiger charge is 2.16. The Morgan fingerprint density at radius 1 is 1.07 bits per heavy atom. The molecule has 1 fully saturated rings. The van der Waals surface area contributed by atoms with Crippen LogP contribution in [0.25, 0.3) is 0 Å². The molecule has 0 aliphatic carbocycles. The van der Waals surface area contributed by atoms with Crippen molar-refractivity contribution in [3.05, 3.63) is 70.8 Å². The van der Waals surface area contributed by atoms with Gasteiger partial charge in [0.15, 0.2) is 5.96 Å². The molecule has 2 aromatic rings. The van der Waals surface area contributed by atoms with E-state index in [2.05, 4.69) is 82.9 Å². The third-order valence-corrected chi connectivity index (χ3v) is 4.99. The summed E-state index contributed by atoms with van der Waals surface area (Å²) in [5.41, 5.74) is 5.13. The molecule has 0 spiro atoms. The number of aryl methyl sites for hydroxylation is 1. The molecule has 1 atom stereocenters. The summed E-state index contributed by atoms with van der Waals surface area (Å²) in [5, 5.41) is 6.79. The molecular formula is C23H32N4O. The first-order valence-electron chi connectivity index (χ1n) is 10.0. The maximum Gasteiger partial charge on any atom is 0.191 e. The molecule has 1 unspecified atom stereocenters. The van der Waals surface area contributed by atoms with E-state index in [4.69, 9.17) is 4.74 Å². The Morgan fingerprint density at radius 3 is 2.50 bits per heavy atom. The Kier molecular flexibility index (Phi) is 7.46. The lowest BCUT2D eigenvalue weighted by Gasteiger charge is -2.31. The summed E-state index contributed by atoms with van der Waals surface area (Å²) in [7, 11) is 1.81. The van der Waals surface area contributed by atoms with Gasteiger partial charge in [-0.1, -0.05) is 54.1 Å². The molecule has 5 heteroatoms. The summed E-state index contributed by atoms with van der Waals surface area (Å²) >= 11 is 0. The first-order valence-corrected chi connectivity index (χ1v) is 10.0. The minimum absolute atomic E-state index is 0.321. The van der Waals surface area contributed by atoms with Gasteiger partial charge in [-0.15, -0.1) is 0 Å². The largest absolute Gasteiger partial charge is 0.376 e. The summed E-state index contributed by atoms with van der Waals surface area (Å²) in [6.45, 7) is 9.55. The summed E-state index contributed by atoms with van der Waals surface area (Å²) < 4.78 is 5.64. The standard InChI is InChI=1S/C23H32N4O/c1-18-7-9-20(10-8-18)14-25-23(24-3)26-15-21-5-4-6-22(13-21)17-27-11-12-28-19(2)16-27/h4-10,13,19H,11-12,14-17H2,1-3H3,(H2,24,25,26). The van der Waals surface area contributed by atoms with Gasteiger partial charge in [0, 0.05) is 39.8 Å². The van der Waals surface area contributed by atoms with Crippen LogP contribution in [0.5, 0.6) is 0 Å². The Hall–Kier alpha value is -2.37. The Morgan fingerprint density at radius 2 is 1.79 bits per heavy atom. The molecule has 0 amide bonds. The molecule has 2 aromatic carbocycles. The minimum Gasteiger partial charge on any atom is -0.376 e. The van der Waals surface area contributed by atoms with E-state index < -0.39 is 0 Å². The van der Waals surface area contributed by atoms with Crippen molar-refractivity contribution in [1.82, 2.24) is 15.5 Å². The Bertz CT molecular complexity index is 772. The normalized spacial score (nSPS) is 18.1. The van der Waals surface area contributed by atoms with Crippen molar-refractivity contribution in [2.24, 2.45) is 4.99 Å². The second kappa shape index (κ2) is 10.2. The monoisotopic (exact) mass is 380 g/mol. The molecule has 150 valence electrons. The predicted octanol–water partition coefficient (Wildman–Crippen LogP) is 3.08. The SMILES string of the molecule is CN=C(NCc1ccc(C)cc1)NCc1cccc(CN2CCOC(C)C2)c1. The lowest BCUT2D eigenvalue weighted by Crippen LogP contribution is -2.40. The zero-order valence-electron chi connectivity index (χ0n) is 17.2. The molecule has 1 aliphatic heterocycles. The van der Waals surface area contributed by atoms with Crippen molar-refractivity contribution < 1.29 is 4.74 Å². The molecule has 2 N–H and O–H groups in total. The van der Waals surface area contributed by atoms with E-state index in [1.807, 2.05) is 0 Å². The molecule has 1 heterocycles. The lowest BCUT2D eigenvalue weighted by atomic mass is 10.1. The number of ether oxygens (including phenoxy) is 1. The topological polar surface area (TPSA) is 48.9 Å². The van der Waals surface area contributed by atoms with Crippen molar-refractivity contribution in [1.29, 1.82) is 0 Å². The number of hydrogen-bond donors (Lipinski definition) is 2. The molecule has 5 nitrogen and oxygen atoms in total. The molecular weight excluding hydrogens is 348 g/mol. The number of aliphatic imine (C=N–C) groups is 1. The van der Waals surface area contributed by atoms with Crippen LogP contribution in [0, 0.1) is 6.92 Å². The number of nitrogens with zero attached hydrogens (tertiary/aromatic N) is 2. The minimum atomic E-state index is 0.321. The van der Waals surface area contributed by atoms with Crippen molar-refractivity contribution in [2.75, 3.05) is 26.7 Å². The van der Waals surface area contributed by atoms with Gasteiger partial charge in [0.25, 0.3) is 0 Å². The Labute approximate surface area is 168 Å². The van der Waals surface area contributed by atoms with E-state index in [1.54, 1.807) is 7.05 Å². The fourth-order valence-electron chi connectivity index (χ4n) is 3.43. The highest BCUT2D eigenvalue weighted by molar-refractivity contribution is 5.79. The van der Waals surface area contributed by atoms with E-state index in [0.29, 0.717) is 6.10 Å². The summed E-state index contributed by atoms with van der Waals surface area (Å²) in [6, 6.07) is 17.3. The molecule has 0 saturated carbocycles. The number of nitrogens with one attached hydrogen (secondary N) is 2. The number of benzene rings is 2. The second-order valence-corrected chi connectivity index (χ2v) is 7.50. The van der Waals surface area contributed by atoms with Gasteiger partial charge in [0.05, 0.1) is 12.7 Å². The van der Waals surface area contributed by atoms with Gasteiger partial charge in [-0.05, 0) is 30.5 Å². The molecule has 1 saturated heterocycles.